The van der Waals surface area contributed by atoms with Gasteiger partial charge in [-0.3, -0.25) is 9.59 Å². The highest BCUT2D eigenvalue weighted by Gasteiger charge is 2.76. The molecule has 1 N–H and O–H groups in total. The molecule has 248 valence electrons. The topological polar surface area (TPSA) is 129 Å². The summed E-state index contributed by atoms with van der Waals surface area (Å²) >= 11 is 8.51. The number of allylic oxidation sites excluding steroid dienone is 4. The van der Waals surface area contributed by atoms with Crippen molar-refractivity contribution < 1.29 is 42.9 Å². The molecule has 46 heavy (non-hydrogen) atoms. The third kappa shape index (κ3) is 5.52. The van der Waals surface area contributed by atoms with E-state index >= 15 is 0 Å². The van der Waals surface area contributed by atoms with E-state index in [0.717, 1.165) is 17.3 Å². The quantitative estimate of drug-likeness (QED) is 0.205. The Hall–Kier alpha value is -3.00. The molecule has 4 aliphatic rings. The molecule has 5 rings (SSSR count). The molecule has 1 aromatic rings. The number of alkyl halides is 1. The summed E-state index contributed by atoms with van der Waals surface area (Å²) in [4.78, 5) is 50.7. The van der Waals surface area contributed by atoms with Crippen LogP contribution in [-0.2, 0) is 23.8 Å². The minimum atomic E-state index is -1.63. The summed E-state index contributed by atoms with van der Waals surface area (Å²) in [6.45, 7) is 9.66. The van der Waals surface area contributed by atoms with Gasteiger partial charge in [-0.05, 0) is 67.7 Å². The molecular formula is C35H41ClO9S. The van der Waals surface area contributed by atoms with E-state index < -0.39 is 45.5 Å². The van der Waals surface area contributed by atoms with Crippen LogP contribution < -0.4 is 0 Å². The van der Waals surface area contributed by atoms with Gasteiger partial charge in [-0.1, -0.05) is 69.9 Å². The summed E-state index contributed by atoms with van der Waals surface area (Å²) in [5, 5.41) is 11.6. The van der Waals surface area contributed by atoms with Crippen molar-refractivity contribution in [2.75, 3.05) is 19.0 Å². The third-order valence-corrected chi connectivity index (χ3v) is 12.4. The Morgan fingerprint density at radius 1 is 1.20 bits per heavy atom. The molecule has 0 aromatic carbocycles. The van der Waals surface area contributed by atoms with Crippen molar-refractivity contribution in [2.24, 2.45) is 34.5 Å². The first-order valence-corrected chi connectivity index (χ1v) is 17.1. The number of carbonyl (C=O) groups excluding carboxylic acids is 4. The van der Waals surface area contributed by atoms with Crippen LogP contribution in [0.3, 0.4) is 0 Å². The first-order chi connectivity index (χ1) is 21.7. The summed E-state index contributed by atoms with van der Waals surface area (Å²) in [5.74, 6) is 4.07. The number of hydrogen-bond donors (Lipinski definition) is 1. The van der Waals surface area contributed by atoms with Gasteiger partial charge in [-0.2, -0.15) is 0 Å². The molecule has 0 bridgehead atoms. The van der Waals surface area contributed by atoms with Crippen LogP contribution in [0.15, 0.2) is 46.6 Å². The fourth-order valence-corrected chi connectivity index (χ4v) is 10.0. The monoisotopic (exact) mass is 672 g/mol. The lowest BCUT2D eigenvalue weighted by Crippen LogP contribution is -2.69. The number of aliphatic hydroxyl groups excluding tert-OH is 1. The van der Waals surface area contributed by atoms with Crippen LogP contribution in [0, 0.1) is 46.3 Å². The zero-order valence-corrected chi connectivity index (χ0v) is 28.4. The predicted octanol–water partition coefficient (Wildman–Crippen LogP) is 6.13. The number of fused-ring (bicyclic) bond motifs is 5. The minimum absolute atomic E-state index is 0.0299. The minimum Gasteiger partial charge on any atom is -0.457 e. The number of furan rings is 1. The van der Waals surface area contributed by atoms with Gasteiger partial charge in [0.1, 0.15) is 0 Å². The molecule has 0 spiro atoms. The third-order valence-electron chi connectivity index (χ3n) is 10.7. The number of carbonyl (C=O) groups is 4. The van der Waals surface area contributed by atoms with Crippen molar-refractivity contribution in [1.29, 1.82) is 0 Å². The van der Waals surface area contributed by atoms with Gasteiger partial charge in [0.05, 0.1) is 29.6 Å². The predicted molar refractivity (Wildman–Crippen MR) is 172 cm³/mol. The number of ketones is 1. The average molecular weight is 673 g/mol. The van der Waals surface area contributed by atoms with Crippen molar-refractivity contribution in [1.82, 2.24) is 0 Å². The van der Waals surface area contributed by atoms with E-state index in [-0.39, 0.29) is 59.8 Å². The van der Waals surface area contributed by atoms with Crippen molar-refractivity contribution >= 4 is 46.4 Å². The molecule has 0 radical (unpaired) electrons. The molecule has 0 saturated heterocycles. The molecule has 0 amide bonds. The maximum atomic E-state index is 14.4. The molecule has 9 nitrogen and oxygen atoms in total. The van der Waals surface area contributed by atoms with E-state index in [1.54, 1.807) is 12.1 Å². The standard InChI is InChI=1S/C35H41ClO9S/c1-21(2)20-44-31(41)43-14-6-7-16-46-30(40)35(45-29(39)27-9-8-15-42-27)22(3)17-26-25-11-10-23-18-24(37)12-13-32(23,4)34(25,36)28(38)19-33(26,35)5/h8-9,12-13,15,18,21-22,25-26,28,38H,10-11,14,16-17,19-20H2,1-5H3/t22-,25-,26-,28-,32-,33-,34-,35-/m0/s1. The number of thioether (sulfide) groups is 1. The Balaban J connectivity index is 1.43. The lowest BCUT2D eigenvalue weighted by atomic mass is 9.46. The molecule has 0 unspecified atom stereocenters. The Bertz CT molecular complexity index is 1500. The maximum absolute atomic E-state index is 14.4. The average Bonchev–Trinajstić information content (AvgIpc) is 3.61. The Labute approximate surface area is 278 Å². The Morgan fingerprint density at radius 3 is 2.65 bits per heavy atom. The van der Waals surface area contributed by atoms with Crippen LogP contribution in [0.1, 0.15) is 70.9 Å². The maximum Gasteiger partial charge on any atom is 0.509 e. The van der Waals surface area contributed by atoms with Crippen molar-refractivity contribution in [2.45, 2.75) is 76.9 Å². The smallest absolute Gasteiger partial charge is 0.457 e. The summed E-state index contributed by atoms with van der Waals surface area (Å²) in [7, 11) is 0. The SMILES string of the molecule is CC(C)COC(=O)OCC#CCSC(=O)[C@@]1(OC(=O)c2ccco2)[C@@H](C)C[C@H]2[C@@H]3CCC4=CC(=O)C=C[C@]4(C)[C@@]3(Cl)[C@@H](O)C[C@@]21C. The molecular weight excluding hydrogens is 632 g/mol. The van der Waals surface area contributed by atoms with Crippen molar-refractivity contribution in [3.8, 4) is 11.8 Å². The van der Waals surface area contributed by atoms with Crippen LogP contribution in [0.25, 0.3) is 0 Å². The molecule has 3 fully saturated rings. The van der Waals surface area contributed by atoms with E-state index in [1.165, 1.54) is 18.4 Å². The first-order valence-electron chi connectivity index (χ1n) is 15.7. The highest BCUT2D eigenvalue weighted by molar-refractivity contribution is 8.14. The number of esters is 1. The van der Waals surface area contributed by atoms with Crippen molar-refractivity contribution in [3.05, 3.63) is 48.0 Å². The largest absolute Gasteiger partial charge is 0.509 e. The number of hydrogen-bond acceptors (Lipinski definition) is 10. The summed E-state index contributed by atoms with van der Waals surface area (Å²) in [6.07, 6.45) is 6.33. The van der Waals surface area contributed by atoms with Gasteiger partial charge in [0.2, 0.25) is 10.9 Å². The zero-order chi connectivity index (χ0) is 33.5. The van der Waals surface area contributed by atoms with E-state index in [1.807, 2.05) is 40.7 Å². The lowest BCUT2D eigenvalue weighted by molar-refractivity contribution is -0.172. The lowest BCUT2D eigenvalue weighted by Gasteiger charge is -2.64. The van der Waals surface area contributed by atoms with Gasteiger partial charge in [-0.15, -0.1) is 11.6 Å². The van der Waals surface area contributed by atoms with Gasteiger partial charge in [0.25, 0.3) is 0 Å². The number of aliphatic hydroxyl groups is 1. The van der Waals surface area contributed by atoms with Gasteiger partial charge in [0, 0.05) is 16.7 Å². The number of ether oxygens (including phenoxy) is 3. The van der Waals surface area contributed by atoms with Gasteiger partial charge in [0.15, 0.2) is 18.0 Å². The van der Waals surface area contributed by atoms with Gasteiger partial charge < -0.3 is 23.7 Å². The second-order valence-electron chi connectivity index (χ2n) is 13.7. The number of halogens is 1. The van der Waals surface area contributed by atoms with Gasteiger partial charge in [-0.25, -0.2) is 9.59 Å². The van der Waals surface area contributed by atoms with E-state index in [2.05, 4.69) is 11.8 Å². The molecule has 1 heterocycles. The highest BCUT2D eigenvalue weighted by atomic mass is 35.5. The second kappa shape index (κ2) is 12.9. The summed E-state index contributed by atoms with van der Waals surface area (Å²) in [5.41, 5.74) is -2.47. The van der Waals surface area contributed by atoms with E-state index in [9.17, 15) is 24.3 Å². The molecule has 3 saturated carbocycles. The van der Waals surface area contributed by atoms with Crippen LogP contribution in [0.5, 0.6) is 0 Å². The zero-order valence-electron chi connectivity index (χ0n) is 26.8. The van der Waals surface area contributed by atoms with Crippen LogP contribution in [-0.4, -0.2) is 63.7 Å². The molecule has 1 aromatic heterocycles. The van der Waals surface area contributed by atoms with Crippen molar-refractivity contribution in [3.63, 3.8) is 0 Å². The normalized spacial score (nSPS) is 36.0. The van der Waals surface area contributed by atoms with E-state index in [0.29, 0.717) is 19.3 Å². The second-order valence-corrected chi connectivity index (χ2v) is 15.3. The first kappa shape index (κ1) is 34.3. The van der Waals surface area contributed by atoms with Crippen LogP contribution in [0.2, 0.25) is 0 Å². The fourth-order valence-electron chi connectivity index (χ4n) is 8.50. The molecule has 11 heteroatoms. The molecule has 0 aliphatic heterocycles. The highest BCUT2D eigenvalue weighted by Crippen LogP contribution is 2.72. The van der Waals surface area contributed by atoms with Gasteiger partial charge >= 0.3 is 12.1 Å². The summed E-state index contributed by atoms with van der Waals surface area (Å²) in [6, 6.07) is 3.05. The number of rotatable bonds is 7. The van der Waals surface area contributed by atoms with Crippen LogP contribution in [0.4, 0.5) is 4.79 Å². The molecule has 4 aliphatic carbocycles. The summed E-state index contributed by atoms with van der Waals surface area (Å²) < 4.78 is 21.6. The molecule has 8 atom stereocenters. The fraction of sp³-hybridized carbons (Fsp3) is 0.600. The Morgan fingerprint density at radius 2 is 1.96 bits per heavy atom. The Kier molecular flexibility index (Phi) is 9.62. The van der Waals surface area contributed by atoms with E-state index in [4.69, 9.17) is 30.2 Å². The van der Waals surface area contributed by atoms with Crippen LogP contribution >= 0.6 is 23.4 Å².